The lowest BCUT2D eigenvalue weighted by atomic mass is 10.2. The third-order valence-electron chi connectivity index (χ3n) is 3.71. The number of sulfonamides is 1. The maximum atomic E-state index is 12.7. The largest absolute Gasteiger partial charge is 0.359 e. The predicted molar refractivity (Wildman–Crippen MR) is 89.9 cm³/mol. The van der Waals surface area contributed by atoms with Crippen molar-refractivity contribution >= 4 is 37.6 Å². The molecule has 0 unspecified atom stereocenters. The number of nitrogens with one attached hydrogen (secondary N) is 3. The van der Waals surface area contributed by atoms with Crippen molar-refractivity contribution in [1.29, 1.82) is 0 Å². The number of H-pyrrole nitrogens is 2. The van der Waals surface area contributed by atoms with Crippen molar-refractivity contribution in [3.63, 3.8) is 0 Å². The van der Waals surface area contributed by atoms with E-state index in [0.29, 0.717) is 16.7 Å². The first-order chi connectivity index (χ1) is 11.0. The first-order valence-electron chi connectivity index (χ1n) is 7.07. The first-order valence-corrected chi connectivity index (χ1v) is 8.55. The molecule has 0 saturated carbocycles. The van der Waals surface area contributed by atoms with Crippen LogP contribution in [0.4, 0.5) is 5.69 Å². The minimum atomic E-state index is -3.69. The number of nitrogens with zero attached hydrogens (tertiary/aromatic N) is 1. The Bertz CT molecular complexity index is 1130. The van der Waals surface area contributed by atoms with Crippen molar-refractivity contribution in [3.05, 3.63) is 54.5 Å². The number of hydrogen-bond donors (Lipinski definition) is 3. The molecule has 0 saturated heterocycles. The highest BCUT2D eigenvalue weighted by Crippen LogP contribution is 2.25. The molecule has 0 aliphatic rings. The second kappa shape index (κ2) is 4.85. The lowest BCUT2D eigenvalue weighted by Gasteiger charge is -2.07. The zero-order chi connectivity index (χ0) is 16.0. The fourth-order valence-corrected chi connectivity index (χ4v) is 3.92. The average Bonchev–Trinajstić information content (AvgIpc) is 3.09. The number of aromatic nitrogens is 3. The molecule has 0 spiro atoms. The van der Waals surface area contributed by atoms with E-state index in [9.17, 15) is 8.42 Å². The third-order valence-corrected chi connectivity index (χ3v) is 5.13. The Hall–Kier alpha value is -2.80. The monoisotopic (exact) mass is 326 g/mol. The summed E-state index contributed by atoms with van der Waals surface area (Å²) in [5, 5.41) is 1.53. The molecule has 0 amide bonds. The molecule has 4 rings (SSSR count). The van der Waals surface area contributed by atoms with Crippen LogP contribution in [0.2, 0.25) is 0 Å². The molecular formula is C16H14N4O2S. The molecular weight excluding hydrogens is 312 g/mol. The van der Waals surface area contributed by atoms with E-state index < -0.39 is 10.0 Å². The van der Waals surface area contributed by atoms with E-state index >= 15 is 0 Å². The number of aromatic amines is 2. The fourth-order valence-electron chi connectivity index (χ4n) is 2.70. The molecule has 7 heteroatoms. The van der Waals surface area contributed by atoms with Crippen LogP contribution in [-0.2, 0) is 10.0 Å². The van der Waals surface area contributed by atoms with Gasteiger partial charge in [-0.25, -0.2) is 13.4 Å². The molecule has 0 radical (unpaired) electrons. The van der Waals surface area contributed by atoms with Crippen LogP contribution in [0.1, 0.15) is 5.69 Å². The summed E-state index contributed by atoms with van der Waals surface area (Å²) < 4.78 is 27.9. The normalized spacial score (nSPS) is 12.0. The lowest BCUT2D eigenvalue weighted by Crippen LogP contribution is -2.12. The zero-order valence-corrected chi connectivity index (χ0v) is 13.1. The third kappa shape index (κ3) is 2.35. The Morgan fingerprint density at radius 3 is 2.91 bits per heavy atom. The SMILES string of the molecule is Cc1cc2cc(NS(=O)(=O)c3c[nH]c4ncccc34)ccc2[nH]1. The molecule has 0 aliphatic carbocycles. The Morgan fingerprint density at radius 1 is 1.17 bits per heavy atom. The summed E-state index contributed by atoms with van der Waals surface area (Å²) in [6.07, 6.45) is 3.07. The summed E-state index contributed by atoms with van der Waals surface area (Å²) in [6, 6.07) is 10.8. The summed E-state index contributed by atoms with van der Waals surface area (Å²) >= 11 is 0. The molecule has 3 N–H and O–H groups in total. The summed E-state index contributed by atoms with van der Waals surface area (Å²) in [5.41, 5.74) is 3.07. The summed E-state index contributed by atoms with van der Waals surface area (Å²) in [7, 11) is -3.69. The summed E-state index contributed by atoms with van der Waals surface area (Å²) in [4.78, 5) is 10.4. The Morgan fingerprint density at radius 2 is 2.04 bits per heavy atom. The van der Waals surface area contributed by atoms with Crippen LogP contribution in [0.3, 0.4) is 0 Å². The smallest absolute Gasteiger partial charge is 0.264 e. The molecule has 23 heavy (non-hydrogen) atoms. The van der Waals surface area contributed by atoms with Crippen LogP contribution >= 0.6 is 0 Å². The molecule has 3 heterocycles. The quantitative estimate of drug-likeness (QED) is 0.540. The average molecular weight is 326 g/mol. The van der Waals surface area contributed by atoms with Crippen molar-refractivity contribution in [1.82, 2.24) is 15.0 Å². The molecule has 0 fully saturated rings. The molecule has 1 aromatic carbocycles. The second-order valence-electron chi connectivity index (χ2n) is 5.41. The minimum Gasteiger partial charge on any atom is -0.359 e. The highest BCUT2D eigenvalue weighted by atomic mass is 32.2. The minimum absolute atomic E-state index is 0.186. The van der Waals surface area contributed by atoms with Crippen molar-refractivity contribution in [2.75, 3.05) is 4.72 Å². The maximum Gasteiger partial charge on any atom is 0.264 e. The van der Waals surface area contributed by atoms with Gasteiger partial charge in [-0.15, -0.1) is 0 Å². The van der Waals surface area contributed by atoms with Gasteiger partial charge >= 0.3 is 0 Å². The molecule has 116 valence electrons. The first kappa shape index (κ1) is 13.8. The number of hydrogen-bond acceptors (Lipinski definition) is 3. The maximum absolute atomic E-state index is 12.7. The predicted octanol–water partition coefficient (Wildman–Crippen LogP) is 3.15. The fraction of sp³-hybridized carbons (Fsp3) is 0.0625. The Balaban J connectivity index is 1.76. The van der Waals surface area contributed by atoms with Crippen LogP contribution in [-0.4, -0.2) is 23.4 Å². The van der Waals surface area contributed by atoms with Gasteiger partial charge in [0.1, 0.15) is 10.5 Å². The molecule has 3 aromatic heterocycles. The molecule has 4 aromatic rings. The second-order valence-corrected chi connectivity index (χ2v) is 7.06. The van der Waals surface area contributed by atoms with Crippen LogP contribution in [0.15, 0.2) is 53.7 Å². The van der Waals surface area contributed by atoms with Gasteiger partial charge in [0.15, 0.2) is 0 Å². The lowest BCUT2D eigenvalue weighted by molar-refractivity contribution is 0.602. The Kier molecular flexibility index (Phi) is 2.92. The van der Waals surface area contributed by atoms with Gasteiger partial charge in [-0.3, -0.25) is 4.72 Å². The van der Waals surface area contributed by atoms with Gasteiger partial charge in [-0.2, -0.15) is 0 Å². The van der Waals surface area contributed by atoms with E-state index in [1.165, 1.54) is 6.20 Å². The van der Waals surface area contributed by atoms with Gasteiger partial charge in [-0.1, -0.05) is 0 Å². The Labute approximate surface area is 132 Å². The molecule has 0 bridgehead atoms. The van der Waals surface area contributed by atoms with Gasteiger partial charge in [0, 0.05) is 40.1 Å². The van der Waals surface area contributed by atoms with Crippen LogP contribution in [0, 0.1) is 6.92 Å². The number of pyridine rings is 1. The van der Waals surface area contributed by atoms with Gasteiger partial charge < -0.3 is 9.97 Å². The number of benzene rings is 1. The van der Waals surface area contributed by atoms with Crippen LogP contribution < -0.4 is 4.72 Å². The highest BCUT2D eigenvalue weighted by molar-refractivity contribution is 7.93. The molecule has 0 atom stereocenters. The number of fused-ring (bicyclic) bond motifs is 2. The highest BCUT2D eigenvalue weighted by Gasteiger charge is 2.19. The van der Waals surface area contributed by atoms with Crippen molar-refractivity contribution < 1.29 is 8.42 Å². The van der Waals surface area contributed by atoms with Crippen molar-refractivity contribution in [2.24, 2.45) is 0 Å². The number of aryl methyl sites for hydroxylation is 1. The van der Waals surface area contributed by atoms with E-state index in [1.54, 1.807) is 24.4 Å². The number of anilines is 1. The van der Waals surface area contributed by atoms with E-state index in [4.69, 9.17) is 0 Å². The van der Waals surface area contributed by atoms with Gasteiger partial charge in [-0.05, 0) is 43.3 Å². The molecule has 6 nitrogen and oxygen atoms in total. The van der Waals surface area contributed by atoms with Gasteiger partial charge in [0.25, 0.3) is 10.0 Å². The summed E-state index contributed by atoms with van der Waals surface area (Å²) in [6.45, 7) is 1.96. The van der Waals surface area contributed by atoms with E-state index in [1.807, 2.05) is 25.1 Å². The van der Waals surface area contributed by atoms with Crippen LogP contribution in [0.25, 0.3) is 21.9 Å². The van der Waals surface area contributed by atoms with Gasteiger partial charge in [0.2, 0.25) is 0 Å². The van der Waals surface area contributed by atoms with E-state index in [-0.39, 0.29) is 4.90 Å². The molecule has 0 aliphatic heterocycles. The topological polar surface area (TPSA) is 90.6 Å². The number of rotatable bonds is 3. The zero-order valence-electron chi connectivity index (χ0n) is 12.3. The van der Waals surface area contributed by atoms with E-state index in [0.717, 1.165) is 16.6 Å². The van der Waals surface area contributed by atoms with Crippen molar-refractivity contribution in [3.8, 4) is 0 Å². The van der Waals surface area contributed by atoms with E-state index in [2.05, 4.69) is 19.7 Å². The summed E-state index contributed by atoms with van der Waals surface area (Å²) in [5.74, 6) is 0. The van der Waals surface area contributed by atoms with Crippen LogP contribution in [0.5, 0.6) is 0 Å². The standard InChI is InChI=1S/C16H14N4O2S/c1-10-7-11-8-12(4-5-14(11)19-10)20-23(21,22)15-9-18-16-13(15)3-2-6-17-16/h2-9,19-20H,1H3,(H,17,18). The van der Waals surface area contributed by atoms with Crippen molar-refractivity contribution in [2.45, 2.75) is 11.8 Å². The van der Waals surface area contributed by atoms with Gasteiger partial charge in [0.05, 0.1) is 0 Å².